The smallest absolute Gasteiger partial charge is 0.336 e. The zero-order chi connectivity index (χ0) is 25.4. The first-order chi connectivity index (χ1) is 17.2. The molecule has 6 nitrogen and oxygen atoms in total. The van der Waals surface area contributed by atoms with Gasteiger partial charge in [-0.05, 0) is 80.9 Å². The van der Waals surface area contributed by atoms with Gasteiger partial charge in [0.15, 0.2) is 5.43 Å². The van der Waals surface area contributed by atoms with Gasteiger partial charge >= 0.3 is 5.97 Å². The first-order valence-electron chi connectivity index (χ1n) is 11.5. The zero-order valence-corrected chi connectivity index (χ0v) is 20.1. The van der Waals surface area contributed by atoms with Crippen LogP contribution in [-0.4, -0.2) is 16.7 Å². The van der Waals surface area contributed by atoms with Crippen LogP contribution in [0.5, 0.6) is 17.2 Å². The molecule has 1 aliphatic heterocycles. The summed E-state index contributed by atoms with van der Waals surface area (Å²) in [5.41, 5.74) is 2.00. The number of ether oxygens (including phenoxy) is 2. The maximum atomic E-state index is 12.1. The van der Waals surface area contributed by atoms with Crippen molar-refractivity contribution in [3.63, 3.8) is 0 Å². The summed E-state index contributed by atoms with van der Waals surface area (Å²) in [7, 11) is 0. The maximum Gasteiger partial charge on any atom is 0.336 e. The summed E-state index contributed by atoms with van der Waals surface area (Å²) < 4.78 is 18.0. The number of aromatic carboxylic acids is 1. The first-order valence-corrected chi connectivity index (χ1v) is 11.5. The zero-order valence-electron chi connectivity index (χ0n) is 20.1. The van der Waals surface area contributed by atoms with Crippen LogP contribution in [0.15, 0.2) is 94.1 Å². The lowest BCUT2D eigenvalue weighted by atomic mass is 9.91. The van der Waals surface area contributed by atoms with E-state index < -0.39 is 5.97 Å². The van der Waals surface area contributed by atoms with E-state index in [0.29, 0.717) is 44.9 Å². The molecule has 0 unspecified atom stereocenters. The van der Waals surface area contributed by atoms with E-state index in [0.717, 1.165) is 5.75 Å². The minimum Gasteiger partial charge on any atom is -0.488 e. The molecule has 6 heteroatoms. The van der Waals surface area contributed by atoms with Crippen LogP contribution in [0, 0.1) is 0 Å². The lowest BCUT2D eigenvalue weighted by Crippen LogP contribution is -2.22. The number of rotatable bonds is 5. The second-order valence-corrected chi connectivity index (χ2v) is 9.43. The van der Waals surface area contributed by atoms with Crippen LogP contribution < -0.4 is 14.9 Å². The third-order valence-electron chi connectivity index (χ3n) is 5.58. The average molecular weight is 481 g/mol. The summed E-state index contributed by atoms with van der Waals surface area (Å²) in [5, 5.41) is 10.5. The van der Waals surface area contributed by atoms with Gasteiger partial charge in [-0.15, -0.1) is 0 Å². The molecule has 1 aliphatic carbocycles. The predicted octanol–water partition coefficient (Wildman–Crippen LogP) is 7.23. The van der Waals surface area contributed by atoms with Crippen LogP contribution in [-0.2, 0) is 0 Å². The number of carboxylic acid groups (broad SMARTS) is 1. The third kappa shape index (κ3) is 4.66. The molecule has 0 aromatic heterocycles. The molecular formula is C30H24O6. The predicted molar refractivity (Wildman–Crippen MR) is 138 cm³/mol. The standard InChI is InChI=1S/C30H24O6/c1-30(2,3)36-20-11-9-19(10-12-20)34-21-13-15-25-27(17-21)35-26-16-18(31)8-14-24(26)28(25)22-6-4-5-7-23(22)29(32)33/h4-17H,1-3H3,(H,32,33). The molecule has 1 N–H and O–H groups in total. The van der Waals surface area contributed by atoms with E-state index in [9.17, 15) is 14.7 Å². The fourth-order valence-corrected chi connectivity index (χ4v) is 4.16. The summed E-state index contributed by atoms with van der Waals surface area (Å²) in [6.45, 7) is 5.95. The Labute approximate surface area is 207 Å². The number of carbonyl (C=O) groups is 1. The van der Waals surface area contributed by atoms with Gasteiger partial charge in [-0.2, -0.15) is 0 Å². The Morgan fingerprint density at radius 2 is 1.50 bits per heavy atom. The van der Waals surface area contributed by atoms with Gasteiger partial charge in [-0.25, -0.2) is 4.79 Å². The van der Waals surface area contributed by atoms with E-state index >= 15 is 0 Å². The molecule has 0 spiro atoms. The van der Waals surface area contributed by atoms with Crippen molar-refractivity contribution in [2.45, 2.75) is 26.4 Å². The second kappa shape index (κ2) is 8.89. The van der Waals surface area contributed by atoms with Gasteiger partial charge in [0.05, 0.1) is 5.56 Å². The van der Waals surface area contributed by atoms with Gasteiger partial charge in [0.2, 0.25) is 0 Å². The fourth-order valence-electron chi connectivity index (χ4n) is 4.16. The molecule has 3 aromatic carbocycles. The fraction of sp³-hybridized carbons (Fsp3) is 0.133. The van der Waals surface area contributed by atoms with Crippen molar-refractivity contribution in [3.8, 4) is 39.7 Å². The Hall–Kier alpha value is -4.58. The van der Waals surface area contributed by atoms with E-state index in [1.807, 2.05) is 51.1 Å². The van der Waals surface area contributed by atoms with Gasteiger partial charge in [-0.3, -0.25) is 4.79 Å². The Morgan fingerprint density at radius 1 is 0.806 bits per heavy atom. The molecule has 3 aromatic rings. The van der Waals surface area contributed by atoms with E-state index in [2.05, 4.69) is 0 Å². The SMILES string of the molecule is CC(C)(C)Oc1ccc(Oc2ccc3c(-c4ccccc4C(=O)O)c4ccc(=O)cc-4oc3c2)cc1. The van der Waals surface area contributed by atoms with Crippen molar-refractivity contribution in [1.82, 2.24) is 0 Å². The highest BCUT2D eigenvalue weighted by Crippen LogP contribution is 2.42. The highest BCUT2D eigenvalue weighted by molar-refractivity contribution is 6.07. The summed E-state index contributed by atoms with van der Waals surface area (Å²) in [6.07, 6.45) is 0. The van der Waals surface area contributed by atoms with Gasteiger partial charge in [0.25, 0.3) is 0 Å². The van der Waals surface area contributed by atoms with Crippen molar-refractivity contribution in [2.75, 3.05) is 0 Å². The van der Waals surface area contributed by atoms with E-state index in [1.54, 1.807) is 42.5 Å². The summed E-state index contributed by atoms with van der Waals surface area (Å²) in [5.74, 6) is 1.23. The lowest BCUT2D eigenvalue weighted by Gasteiger charge is -2.21. The molecule has 0 fully saturated rings. The van der Waals surface area contributed by atoms with Crippen LogP contribution in [0.4, 0.5) is 0 Å². The minimum absolute atomic E-state index is 0.162. The van der Waals surface area contributed by atoms with Crippen molar-refractivity contribution in [1.29, 1.82) is 0 Å². The molecule has 0 atom stereocenters. The lowest BCUT2D eigenvalue weighted by molar-refractivity contribution is 0.0697. The molecule has 0 saturated heterocycles. The summed E-state index contributed by atoms with van der Waals surface area (Å²) in [6, 6.07) is 24.0. The van der Waals surface area contributed by atoms with Crippen LogP contribution >= 0.6 is 0 Å². The molecule has 0 bridgehead atoms. The van der Waals surface area contributed by atoms with Crippen LogP contribution in [0.1, 0.15) is 31.1 Å². The largest absolute Gasteiger partial charge is 0.488 e. The number of benzene rings is 4. The van der Waals surface area contributed by atoms with Crippen LogP contribution in [0.25, 0.3) is 33.4 Å². The number of fused-ring (bicyclic) bond motifs is 2. The highest BCUT2D eigenvalue weighted by atomic mass is 16.5. The third-order valence-corrected chi connectivity index (χ3v) is 5.58. The second-order valence-electron chi connectivity index (χ2n) is 9.43. The molecule has 0 radical (unpaired) electrons. The monoisotopic (exact) mass is 480 g/mol. The first kappa shape index (κ1) is 23.2. The average Bonchev–Trinajstić information content (AvgIpc) is 2.82. The molecule has 180 valence electrons. The Morgan fingerprint density at radius 3 is 2.22 bits per heavy atom. The van der Waals surface area contributed by atoms with E-state index in [-0.39, 0.29) is 16.6 Å². The number of hydrogen-bond donors (Lipinski definition) is 1. The highest BCUT2D eigenvalue weighted by Gasteiger charge is 2.21. The van der Waals surface area contributed by atoms with Gasteiger partial charge in [0, 0.05) is 28.6 Å². The van der Waals surface area contributed by atoms with Crippen LogP contribution in [0.3, 0.4) is 0 Å². The molecule has 0 saturated carbocycles. The van der Waals surface area contributed by atoms with E-state index in [1.165, 1.54) is 12.1 Å². The maximum absolute atomic E-state index is 12.1. The Bertz CT molecular complexity index is 1610. The quantitative estimate of drug-likeness (QED) is 0.267. The number of hydrogen-bond acceptors (Lipinski definition) is 5. The Kier molecular flexibility index (Phi) is 5.72. The van der Waals surface area contributed by atoms with Gasteiger partial charge in [-0.1, -0.05) is 18.2 Å². The molecule has 5 rings (SSSR count). The molecule has 0 amide bonds. The molecular weight excluding hydrogens is 456 g/mol. The summed E-state index contributed by atoms with van der Waals surface area (Å²) >= 11 is 0. The van der Waals surface area contributed by atoms with Crippen LogP contribution in [0.2, 0.25) is 0 Å². The van der Waals surface area contributed by atoms with Crippen molar-refractivity contribution < 1.29 is 23.8 Å². The van der Waals surface area contributed by atoms with Crippen molar-refractivity contribution in [3.05, 3.63) is 101 Å². The molecule has 36 heavy (non-hydrogen) atoms. The molecule has 1 heterocycles. The topological polar surface area (TPSA) is 86.0 Å². The van der Waals surface area contributed by atoms with Gasteiger partial charge < -0.3 is 19.0 Å². The normalized spacial score (nSPS) is 11.5. The summed E-state index contributed by atoms with van der Waals surface area (Å²) in [4.78, 5) is 24.1. The van der Waals surface area contributed by atoms with Crippen molar-refractivity contribution in [2.24, 2.45) is 0 Å². The van der Waals surface area contributed by atoms with Gasteiger partial charge in [0.1, 0.15) is 34.2 Å². The Balaban J connectivity index is 1.61. The number of carboxylic acids is 1. The minimum atomic E-state index is -1.04. The van der Waals surface area contributed by atoms with Crippen molar-refractivity contribution >= 4 is 16.9 Å². The molecule has 2 aliphatic rings. The van der Waals surface area contributed by atoms with E-state index in [4.69, 9.17) is 13.9 Å².